The number of rotatable bonds is 3. The molecule has 0 atom stereocenters. The summed E-state index contributed by atoms with van der Waals surface area (Å²) >= 11 is 1.55. The van der Waals surface area contributed by atoms with E-state index in [4.69, 9.17) is 9.47 Å². The summed E-state index contributed by atoms with van der Waals surface area (Å²) in [7, 11) is 1.63. The fourth-order valence-electron chi connectivity index (χ4n) is 2.08. The summed E-state index contributed by atoms with van der Waals surface area (Å²) in [5, 5.41) is 0. The molecule has 0 spiro atoms. The quantitative estimate of drug-likeness (QED) is 0.688. The second kappa shape index (κ2) is 5.54. The molecule has 2 aromatic heterocycles. The van der Waals surface area contributed by atoms with Crippen LogP contribution in [0, 0.1) is 0 Å². The van der Waals surface area contributed by atoms with Crippen LogP contribution in [0.4, 0.5) is 0 Å². The lowest BCUT2D eigenvalue weighted by molar-refractivity contribution is -0.131. The highest BCUT2D eigenvalue weighted by Gasteiger charge is 2.17. The number of hydrogen-bond donors (Lipinski definition) is 0. The van der Waals surface area contributed by atoms with Crippen LogP contribution >= 0.6 is 11.3 Å². The molecule has 0 aliphatic carbocycles. The largest absolute Gasteiger partial charge is 0.497 e. The van der Waals surface area contributed by atoms with Crippen molar-refractivity contribution in [2.45, 2.75) is 6.92 Å². The summed E-state index contributed by atoms with van der Waals surface area (Å²) in [6.07, 6.45) is 1.69. The van der Waals surface area contributed by atoms with Crippen molar-refractivity contribution in [1.29, 1.82) is 0 Å². The van der Waals surface area contributed by atoms with Gasteiger partial charge in [-0.15, -0.1) is 11.3 Å². The molecule has 106 valence electrons. The van der Waals surface area contributed by atoms with Gasteiger partial charge >= 0.3 is 5.97 Å². The molecule has 4 nitrogen and oxygen atoms in total. The zero-order chi connectivity index (χ0) is 14.8. The molecule has 1 aromatic carbocycles. The normalized spacial score (nSPS) is 10.6. The summed E-state index contributed by atoms with van der Waals surface area (Å²) in [5.74, 6) is 0.954. The minimum atomic E-state index is -0.352. The van der Waals surface area contributed by atoms with Crippen molar-refractivity contribution >= 4 is 27.5 Å². The molecule has 0 aliphatic rings. The Balaban J connectivity index is 2.17. The van der Waals surface area contributed by atoms with Crippen LogP contribution in [0.2, 0.25) is 0 Å². The monoisotopic (exact) mass is 299 g/mol. The Morgan fingerprint density at radius 3 is 2.62 bits per heavy atom. The van der Waals surface area contributed by atoms with Gasteiger partial charge in [0.25, 0.3) is 0 Å². The Hall–Kier alpha value is -2.40. The van der Waals surface area contributed by atoms with E-state index in [1.807, 2.05) is 36.4 Å². The maximum atomic E-state index is 11.4. The van der Waals surface area contributed by atoms with Crippen LogP contribution in [0.5, 0.6) is 11.5 Å². The third kappa shape index (κ3) is 2.60. The number of carbonyl (C=O) groups excluding carboxylic acids is 1. The van der Waals surface area contributed by atoms with Crippen LogP contribution in [0.3, 0.4) is 0 Å². The molecule has 0 bridgehead atoms. The van der Waals surface area contributed by atoms with Crippen molar-refractivity contribution < 1.29 is 14.3 Å². The minimum absolute atomic E-state index is 0.352. The van der Waals surface area contributed by atoms with Gasteiger partial charge < -0.3 is 9.47 Å². The molecule has 2 heterocycles. The Labute approximate surface area is 126 Å². The number of ether oxygens (including phenoxy) is 2. The van der Waals surface area contributed by atoms with E-state index in [0.29, 0.717) is 11.3 Å². The predicted molar refractivity (Wildman–Crippen MR) is 82.9 cm³/mol. The Morgan fingerprint density at radius 1 is 1.19 bits per heavy atom. The van der Waals surface area contributed by atoms with Crippen LogP contribution in [-0.4, -0.2) is 18.1 Å². The number of carbonyl (C=O) groups is 1. The molecule has 0 saturated carbocycles. The van der Waals surface area contributed by atoms with Gasteiger partial charge in [0.05, 0.1) is 16.7 Å². The molecule has 3 aromatic rings. The van der Waals surface area contributed by atoms with E-state index in [0.717, 1.165) is 20.9 Å². The number of benzene rings is 1. The van der Waals surface area contributed by atoms with Gasteiger partial charge in [-0.25, -0.2) is 0 Å². The van der Waals surface area contributed by atoms with E-state index < -0.39 is 0 Å². The lowest BCUT2D eigenvalue weighted by Crippen LogP contribution is -2.01. The van der Waals surface area contributed by atoms with Crippen molar-refractivity contribution in [1.82, 2.24) is 4.98 Å². The van der Waals surface area contributed by atoms with Crippen molar-refractivity contribution in [3.05, 3.63) is 42.6 Å². The lowest BCUT2D eigenvalue weighted by Gasteiger charge is -2.05. The molecule has 0 fully saturated rings. The van der Waals surface area contributed by atoms with Crippen molar-refractivity contribution in [2.24, 2.45) is 0 Å². The Morgan fingerprint density at radius 2 is 1.95 bits per heavy atom. The summed E-state index contributed by atoms with van der Waals surface area (Å²) in [6.45, 7) is 1.39. The fourth-order valence-corrected chi connectivity index (χ4v) is 3.17. The molecule has 0 unspecified atom stereocenters. The van der Waals surface area contributed by atoms with Crippen LogP contribution < -0.4 is 9.47 Å². The Bertz CT molecular complexity index is 793. The van der Waals surface area contributed by atoms with Gasteiger partial charge in [0.1, 0.15) is 11.3 Å². The van der Waals surface area contributed by atoms with E-state index >= 15 is 0 Å². The van der Waals surface area contributed by atoms with Crippen LogP contribution in [0.25, 0.3) is 20.7 Å². The van der Waals surface area contributed by atoms with Crippen LogP contribution in [0.1, 0.15) is 6.92 Å². The summed E-state index contributed by atoms with van der Waals surface area (Å²) < 4.78 is 11.5. The van der Waals surface area contributed by atoms with Gasteiger partial charge in [-0.1, -0.05) is 0 Å². The SMILES string of the molecule is COc1ccc(-c2sc3cccnc3c2OC(C)=O)cc1. The zero-order valence-corrected chi connectivity index (χ0v) is 12.4. The summed E-state index contributed by atoms with van der Waals surface area (Å²) in [5.41, 5.74) is 1.68. The van der Waals surface area contributed by atoms with Gasteiger partial charge in [0.2, 0.25) is 0 Å². The first-order valence-electron chi connectivity index (χ1n) is 6.39. The lowest BCUT2D eigenvalue weighted by atomic mass is 10.1. The highest BCUT2D eigenvalue weighted by Crippen LogP contribution is 2.43. The minimum Gasteiger partial charge on any atom is -0.497 e. The van der Waals surface area contributed by atoms with Crippen molar-refractivity contribution in [3.8, 4) is 21.9 Å². The molecule has 3 rings (SSSR count). The van der Waals surface area contributed by atoms with E-state index in [1.165, 1.54) is 6.92 Å². The summed E-state index contributed by atoms with van der Waals surface area (Å²) in [6, 6.07) is 11.5. The smallest absolute Gasteiger partial charge is 0.308 e. The van der Waals surface area contributed by atoms with E-state index in [1.54, 1.807) is 24.6 Å². The second-order valence-electron chi connectivity index (χ2n) is 4.43. The van der Waals surface area contributed by atoms with E-state index in [2.05, 4.69) is 4.98 Å². The number of pyridine rings is 1. The highest BCUT2D eigenvalue weighted by atomic mass is 32.1. The first-order chi connectivity index (χ1) is 10.2. The third-order valence-corrected chi connectivity index (χ3v) is 4.18. The van der Waals surface area contributed by atoms with Crippen LogP contribution in [-0.2, 0) is 4.79 Å². The molecular weight excluding hydrogens is 286 g/mol. The second-order valence-corrected chi connectivity index (χ2v) is 5.48. The summed E-state index contributed by atoms with van der Waals surface area (Å²) in [4.78, 5) is 16.6. The number of hydrogen-bond acceptors (Lipinski definition) is 5. The van der Waals surface area contributed by atoms with Crippen molar-refractivity contribution in [2.75, 3.05) is 7.11 Å². The maximum Gasteiger partial charge on any atom is 0.308 e. The first-order valence-corrected chi connectivity index (χ1v) is 7.21. The number of thiophene rings is 1. The molecule has 0 amide bonds. The van der Waals surface area contributed by atoms with Gasteiger partial charge in [-0.3, -0.25) is 9.78 Å². The number of fused-ring (bicyclic) bond motifs is 1. The van der Waals surface area contributed by atoms with Gasteiger partial charge in [-0.05, 0) is 42.0 Å². The number of nitrogens with zero attached hydrogens (tertiary/aromatic N) is 1. The molecular formula is C16H13NO3S. The van der Waals surface area contributed by atoms with E-state index in [9.17, 15) is 4.79 Å². The molecule has 21 heavy (non-hydrogen) atoms. The fraction of sp³-hybridized carbons (Fsp3) is 0.125. The number of esters is 1. The molecule has 0 aliphatic heterocycles. The molecule has 5 heteroatoms. The average Bonchev–Trinajstić information content (AvgIpc) is 2.86. The topological polar surface area (TPSA) is 48.4 Å². The third-order valence-electron chi connectivity index (χ3n) is 3.00. The zero-order valence-electron chi connectivity index (χ0n) is 11.6. The van der Waals surface area contributed by atoms with Crippen molar-refractivity contribution in [3.63, 3.8) is 0 Å². The Kier molecular flexibility index (Phi) is 3.58. The van der Waals surface area contributed by atoms with Crippen LogP contribution in [0.15, 0.2) is 42.6 Å². The van der Waals surface area contributed by atoms with Gasteiger partial charge in [0, 0.05) is 13.1 Å². The standard InChI is InChI=1S/C16H13NO3S/c1-10(18)20-15-14-13(4-3-9-17-14)21-16(15)11-5-7-12(19-2)8-6-11/h3-9H,1-2H3. The molecule has 0 N–H and O–H groups in total. The molecule has 0 saturated heterocycles. The van der Waals surface area contributed by atoms with Gasteiger partial charge in [-0.2, -0.15) is 0 Å². The van der Waals surface area contributed by atoms with Gasteiger partial charge in [0.15, 0.2) is 5.75 Å². The van der Waals surface area contributed by atoms with E-state index in [-0.39, 0.29) is 5.97 Å². The number of methoxy groups -OCH3 is 1. The molecule has 0 radical (unpaired) electrons. The maximum absolute atomic E-state index is 11.4. The predicted octanol–water partition coefficient (Wildman–Crippen LogP) is 3.90. The number of aromatic nitrogens is 1. The first kappa shape index (κ1) is 13.6. The highest BCUT2D eigenvalue weighted by molar-refractivity contribution is 7.22. The average molecular weight is 299 g/mol.